The number of nitrogens with zero attached hydrogens (tertiary/aromatic N) is 2. The van der Waals surface area contributed by atoms with E-state index in [1.165, 1.54) is 32.9 Å². The highest BCUT2D eigenvalue weighted by molar-refractivity contribution is 6.09. The van der Waals surface area contributed by atoms with Gasteiger partial charge in [0.1, 0.15) is 5.58 Å². The lowest BCUT2D eigenvalue weighted by atomic mass is 9.98. The molecule has 270 valence electrons. The first-order chi connectivity index (χ1) is 28.3. The van der Waals surface area contributed by atoms with Crippen LogP contribution in [-0.2, 0) is 0 Å². The third-order valence-corrected chi connectivity index (χ3v) is 11.2. The van der Waals surface area contributed by atoms with E-state index in [1.54, 1.807) is 0 Å². The van der Waals surface area contributed by atoms with Crippen molar-refractivity contribution >= 4 is 61.8 Å². The second-order valence-corrected chi connectivity index (χ2v) is 14.6. The molecule has 1 aliphatic heterocycles. The fourth-order valence-corrected chi connectivity index (χ4v) is 8.51. The second kappa shape index (κ2) is 13.6. The van der Waals surface area contributed by atoms with Crippen molar-refractivity contribution in [3.8, 4) is 39.1 Å². The van der Waals surface area contributed by atoms with E-state index in [9.17, 15) is 0 Å². The van der Waals surface area contributed by atoms with Gasteiger partial charge in [0, 0.05) is 57.0 Å². The molecule has 0 radical (unpaired) electrons. The van der Waals surface area contributed by atoms with Crippen LogP contribution in [0.1, 0.15) is 5.56 Å². The van der Waals surface area contributed by atoms with Gasteiger partial charge in [-0.25, -0.2) is 0 Å². The van der Waals surface area contributed by atoms with E-state index >= 15 is 0 Å². The van der Waals surface area contributed by atoms with Gasteiger partial charge in [0.15, 0.2) is 0 Å². The molecule has 0 fully saturated rings. The van der Waals surface area contributed by atoms with Crippen LogP contribution in [0.4, 0.5) is 22.9 Å². The Kier molecular flexibility index (Phi) is 7.85. The second-order valence-electron chi connectivity index (χ2n) is 14.6. The van der Waals surface area contributed by atoms with Crippen molar-refractivity contribution in [3.63, 3.8) is 0 Å². The molecule has 0 saturated carbocycles. The van der Waals surface area contributed by atoms with Crippen LogP contribution in [0.5, 0.6) is 0 Å². The average Bonchev–Trinajstić information content (AvgIpc) is 3.83. The molecule has 1 aliphatic rings. The Morgan fingerprint density at radius 2 is 1.09 bits per heavy atom. The fraction of sp³-hybridized carbons (Fsp3) is 0.0189. The first-order valence-electron chi connectivity index (χ1n) is 19.5. The molecule has 2 aromatic heterocycles. The summed E-state index contributed by atoms with van der Waals surface area (Å²) in [4.78, 5) is 2.36. The summed E-state index contributed by atoms with van der Waals surface area (Å²) in [5, 5.41) is 7.01. The minimum Gasteiger partial charge on any atom is -0.440 e. The number of furan rings is 1. The van der Waals surface area contributed by atoms with Gasteiger partial charge in [-0.2, -0.15) is 0 Å². The van der Waals surface area contributed by atoms with Crippen LogP contribution in [-0.4, -0.2) is 11.1 Å². The Balaban J connectivity index is 1.04. The van der Waals surface area contributed by atoms with E-state index in [2.05, 4.69) is 221 Å². The van der Waals surface area contributed by atoms with Crippen LogP contribution < -0.4 is 10.2 Å². The molecule has 1 N–H and O–H groups in total. The molecular formula is C53H37N3O. The Morgan fingerprint density at radius 3 is 1.86 bits per heavy atom. The lowest BCUT2D eigenvalue weighted by molar-refractivity contribution is 0.628. The summed E-state index contributed by atoms with van der Waals surface area (Å²) in [7, 11) is 0. The molecule has 0 spiro atoms. The average molecular weight is 732 g/mol. The molecule has 3 heterocycles. The van der Waals surface area contributed by atoms with Crippen LogP contribution in [0.3, 0.4) is 0 Å². The Hall–Kier alpha value is -7.56. The van der Waals surface area contributed by atoms with Crippen molar-refractivity contribution in [1.29, 1.82) is 0 Å². The summed E-state index contributed by atoms with van der Waals surface area (Å²) in [5.41, 5.74) is 15.6. The highest BCUT2D eigenvalue weighted by Gasteiger charge is 2.21. The molecule has 0 atom stereocenters. The number of benzene rings is 8. The molecule has 8 aromatic carbocycles. The number of fused-ring (bicyclic) bond motifs is 6. The molecule has 4 heteroatoms. The lowest BCUT2D eigenvalue weighted by Crippen LogP contribution is -2.11. The Labute approximate surface area is 331 Å². The zero-order valence-electron chi connectivity index (χ0n) is 31.1. The third kappa shape index (κ3) is 5.70. The summed E-state index contributed by atoms with van der Waals surface area (Å²) in [6.45, 7) is 0.758. The molecule has 57 heavy (non-hydrogen) atoms. The molecule has 0 unspecified atom stereocenters. The first-order valence-corrected chi connectivity index (χ1v) is 19.5. The molecule has 4 nitrogen and oxygen atoms in total. The van der Waals surface area contributed by atoms with E-state index in [0.29, 0.717) is 0 Å². The van der Waals surface area contributed by atoms with Gasteiger partial charge in [0.05, 0.1) is 16.7 Å². The molecule has 10 aromatic rings. The Bertz CT molecular complexity index is 3060. The van der Waals surface area contributed by atoms with Crippen molar-refractivity contribution in [2.24, 2.45) is 0 Å². The number of aromatic nitrogens is 1. The van der Waals surface area contributed by atoms with Crippen LogP contribution in [0.25, 0.3) is 77.9 Å². The molecule has 0 bridgehead atoms. The summed E-state index contributed by atoms with van der Waals surface area (Å²) < 4.78 is 8.79. The van der Waals surface area contributed by atoms with Gasteiger partial charge in [0.25, 0.3) is 0 Å². The zero-order valence-corrected chi connectivity index (χ0v) is 31.1. The van der Waals surface area contributed by atoms with Gasteiger partial charge < -0.3 is 19.2 Å². The Morgan fingerprint density at radius 1 is 0.474 bits per heavy atom. The largest absolute Gasteiger partial charge is 0.440 e. The first kappa shape index (κ1) is 32.8. The van der Waals surface area contributed by atoms with Gasteiger partial charge >= 0.3 is 0 Å². The lowest BCUT2D eigenvalue weighted by Gasteiger charge is -2.28. The number of rotatable bonds is 7. The fourth-order valence-electron chi connectivity index (χ4n) is 8.51. The van der Waals surface area contributed by atoms with E-state index in [-0.39, 0.29) is 0 Å². The summed E-state index contributed by atoms with van der Waals surface area (Å²) in [6.07, 6.45) is 4.29. The maximum Gasteiger partial charge on any atom is 0.201 e. The molecule has 0 saturated heterocycles. The van der Waals surface area contributed by atoms with Crippen molar-refractivity contribution in [2.45, 2.75) is 0 Å². The molecule has 0 amide bonds. The van der Waals surface area contributed by atoms with E-state index < -0.39 is 0 Å². The van der Waals surface area contributed by atoms with Crippen LogP contribution in [0, 0.1) is 0 Å². The zero-order chi connectivity index (χ0) is 37.7. The van der Waals surface area contributed by atoms with Crippen molar-refractivity contribution in [3.05, 3.63) is 206 Å². The predicted molar refractivity (Wildman–Crippen MR) is 239 cm³/mol. The van der Waals surface area contributed by atoms with Crippen molar-refractivity contribution in [2.75, 3.05) is 16.8 Å². The van der Waals surface area contributed by atoms with Gasteiger partial charge in [-0.1, -0.05) is 146 Å². The normalized spacial score (nSPS) is 12.2. The quantitative estimate of drug-likeness (QED) is 0.177. The van der Waals surface area contributed by atoms with E-state index in [0.717, 1.165) is 74.0 Å². The standard InChI is InChI=1S/C53H37N3O/c1-2-12-36(13-3-1)37-23-25-38(26-24-37)40-14-10-15-42(34-40)55(43-31-32-47-48-19-11-33-54-53(48)57-52(47)35-43)49-20-7-4-16-44(49)39-27-29-41(30-28-39)56-50-21-8-5-17-45(50)46-18-6-9-22-51(46)56/h1-32,34-35,54H,33H2. The van der Waals surface area contributed by atoms with E-state index in [1.807, 2.05) is 0 Å². The SMILES string of the molecule is C1=Cc2c(oc3cc(N(c4cccc(-c5ccc(-c6ccccc6)cc5)c4)c4ccccc4-c4ccc(-n5c6ccccc6c6ccccc65)cc4)ccc23)NC1. The third-order valence-electron chi connectivity index (χ3n) is 11.2. The smallest absolute Gasteiger partial charge is 0.201 e. The van der Waals surface area contributed by atoms with Gasteiger partial charge in [-0.05, 0) is 82.4 Å². The summed E-state index contributed by atoms with van der Waals surface area (Å²) in [6, 6.07) is 69.8. The highest BCUT2D eigenvalue weighted by Crippen LogP contribution is 2.44. The molecular weight excluding hydrogens is 695 g/mol. The van der Waals surface area contributed by atoms with E-state index in [4.69, 9.17) is 4.42 Å². The maximum atomic E-state index is 6.43. The minimum atomic E-state index is 0.758. The topological polar surface area (TPSA) is 33.3 Å². The van der Waals surface area contributed by atoms with Crippen LogP contribution >= 0.6 is 0 Å². The van der Waals surface area contributed by atoms with Crippen LogP contribution in [0.2, 0.25) is 0 Å². The number of nitrogens with one attached hydrogen (secondary N) is 1. The molecule has 11 rings (SSSR count). The van der Waals surface area contributed by atoms with Crippen molar-refractivity contribution < 1.29 is 4.42 Å². The summed E-state index contributed by atoms with van der Waals surface area (Å²) in [5.74, 6) is 0.820. The highest BCUT2D eigenvalue weighted by atomic mass is 16.3. The van der Waals surface area contributed by atoms with Gasteiger partial charge in [-0.15, -0.1) is 0 Å². The van der Waals surface area contributed by atoms with Gasteiger partial charge in [0.2, 0.25) is 5.88 Å². The maximum absolute atomic E-state index is 6.43. The summed E-state index contributed by atoms with van der Waals surface area (Å²) >= 11 is 0. The number of para-hydroxylation sites is 3. The molecule has 0 aliphatic carbocycles. The minimum absolute atomic E-state index is 0.758. The van der Waals surface area contributed by atoms with Crippen LogP contribution in [0.15, 0.2) is 205 Å². The number of hydrogen-bond acceptors (Lipinski definition) is 3. The number of hydrogen-bond donors (Lipinski definition) is 1. The number of anilines is 4. The van der Waals surface area contributed by atoms with Crippen molar-refractivity contribution in [1.82, 2.24) is 4.57 Å². The monoisotopic (exact) mass is 731 g/mol. The van der Waals surface area contributed by atoms with Gasteiger partial charge in [-0.3, -0.25) is 0 Å². The predicted octanol–water partition coefficient (Wildman–Crippen LogP) is 14.4.